The summed E-state index contributed by atoms with van der Waals surface area (Å²) in [5.74, 6) is -0.544. The van der Waals surface area contributed by atoms with E-state index in [-0.39, 0.29) is 5.75 Å². The number of β-lactam (4-membered cyclic amide) rings is 1. The van der Waals surface area contributed by atoms with Gasteiger partial charge in [-0.1, -0.05) is 61.4 Å². The zero-order valence-corrected chi connectivity index (χ0v) is 15.4. The van der Waals surface area contributed by atoms with E-state index in [4.69, 9.17) is 34.8 Å². The first-order chi connectivity index (χ1) is 8.34. The zero-order valence-electron chi connectivity index (χ0n) is 11.3. The minimum absolute atomic E-state index is 0.117. The number of hydrogen-bond acceptors (Lipinski definition) is 3. The molecule has 0 unspecified atom stereocenters. The lowest BCUT2D eigenvalue weighted by molar-refractivity contribution is -0.137. The van der Waals surface area contributed by atoms with Crippen LogP contribution < -0.4 is 0 Å². The molecule has 1 fully saturated rings. The van der Waals surface area contributed by atoms with Gasteiger partial charge in [0.05, 0.1) is 19.4 Å². The Hall–Kier alpha value is 0.507. The van der Waals surface area contributed by atoms with Gasteiger partial charge in [0.2, 0.25) is 19.7 Å². The van der Waals surface area contributed by atoms with Gasteiger partial charge in [0.15, 0.2) is 0 Å². The monoisotopic (exact) mass is 365 g/mol. The van der Waals surface area contributed by atoms with Gasteiger partial charge < -0.3 is 0 Å². The number of amides is 1. The maximum absolute atomic E-state index is 12.2. The summed E-state index contributed by atoms with van der Waals surface area (Å²) >= 11 is 17.7. The third-order valence-corrected chi connectivity index (χ3v) is 8.11. The Bertz CT molecular complexity index is 469. The fourth-order valence-corrected chi connectivity index (χ4v) is 7.61. The van der Waals surface area contributed by atoms with Crippen LogP contribution in [0.4, 0.5) is 0 Å². The standard InChI is InChI=1S/C10H18Cl3NO3SSi/c1-5-6-18(16,17)14-8(10(11,12)13)7(9(14)15)19(2,3)4/h7-8H,5-6H2,1-4H3/t7-,8+/m1/s1. The highest BCUT2D eigenvalue weighted by Crippen LogP contribution is 2.52. The normalized spacial score (nSPS) is 25.4. The Morgan fingerprint density at radius 2 is 1.74 bits per heavy atom. The highest BCUT2D eigenvalue weighted by Gasteiger charge is 2.64. The van der Waals surface area contributed by atoms with Gasteiger partial charge in [0, 0.05) is 0 Å². The van der Waals surface area contributed by atoms with Crippen molar-refractivity contribution in [3.8, 4) is 0 Å². The van der Waals surface area contributed by atoms with E-state index in [0.29, 0.717) is 6.42 Å². The predicted octanol–water partition coefficient (Wildman–Crippen LogP) is 3.02. The Labute approximate surface area is 130 Å². The van der Waals surface area contributed by atoms with Crippen molar-refractivity contribution < 1.29 is 13.2 Å². The summed E-state index contributed by atoms with van der Waals surface area (Å²) in [7, 11) is -5.66. The minimum atomic E-state index is -3.70. The summed E-state index contributed by atoms with van der Waals surface area (Å²) in [5.41, 5.74) is -0.480. The molecule has 0 bridgehead atoms. The van der Waals surface area contributed by atoms with E-state index in [0.717, 1.165) is 4.31 Å². The van der Waals surface area contributed by atoms with Crippen LogP contribution in [0.2, 0.25) is 25.2 Å². The Balaban J connectivity index is 3.19. The van der Waals surface area contributed by atoms with Crippen LogP contribution in [0.1, 0.15) is 13.3 Å². The molecule has 0 aromatic carbocycles. The lowest BCUT2D eigenvalue weighted by Gasteiger charge is -2.52. The van der Waals surface area contributed by atoms with Crippen LogP contribution in [-0.4, -0.2) is 42.3 Å². The number of sulfonamides is 1. The molecule has 1 saturated heterocycles. The van der Waals surface area contributed by atoms with Crippen LogP contribution in [0, 0.1) is 0 Å². The number of alkyl halides is 3. The quantitative estimate of drug-likeness (QED) is 0.436. The molecule has 0 spiro atoms. The Morgan fingerprint density at radius 1 is 1.26 bits per heavy atom. The van der Waals surface area contributed by atoms with Gasteiger partial charge in [0.1, 0.15) is 6.04 Å². The summed E-state index contributed by atoms with van der Waals surface area (Å²) in [4.78, 5) is 12.2. The second-order valence-corrected chi connectivity index (χ2v) is 15.5. The largest absolute Gasteiger partial charge is 0.274 e. The number of carbonyl (C=O) groups excluding carboxylic acids is 1. The van der Waals surface area contributed by atoms with Gasteiger partial charge in [-0.3, -0.25) is 4.79 Å². The van der Waals surface area contributed by atoms with Crippen molar-refractivity contribution in [2.45, 2.75) is 48.4 Å². The summed E-state index contributed by atoms with van der Waals surface area (Å²) in [6.07, 6.45) is 0.413. The van der Waals surface area contributed by atoms with Crippen LogP contribution in [0.25, 0.3) is 0 Å². The zero-order chi connectivity index (χ0) is 15.2. The van der Waals surface area contributed by atoms with E-state index in [1.165, 1.54) is 0 Å². The van der Waals surface area contributed by atoms with E-state index < -0.39 is 39.4 Å². The summed E-state index contributed by atoms with van der Waals surface area (Å²) < 4.78 is 23.2. The topological polar surface area (TPSA) is 54.5 Å². The molecule has 1 rings (SSSR count). The molecule has 1 heterocycles. The maximum atomic E-state index is 12.2. The lowest BCUT2D eigenvalue weighted by atomic mass is 10.1. The molecule has 4 nitrogen and oxygen atoms in total. The molecule has 1 amide bonds. The molecule has 112 valence electrons. The lowest BCUT2D eigenvalue weighted by Crippen LogP contribution is -2.70. The highest BCUT2D eigenvalue weighted by atomic mass is 35.6. The number of hydrogen-bond donors (Lipinski definition) is 0. The first-order valence-electron chi connectivity index (χ1n) is 5.96. The minimum Gasteiger partial charge on any atom is -0.274 e. The van der Waals surface area contributed by atoms with Gasteiger partial charge in [-0.15, -0.1) is 0 Å². The molecular weight excluding hydrogens is 349 g/mol. The summed E-state index contributed by atoms with van der Waals surface area (Å²) in [5, 5.41) is 0. The van der Waals surface area contributed by atoms with Crippen molar-refractivity contribution in [1.29, 1.82) is 0 Å². The average molecular weight is 367 g/mol. The van der Waals surface area contributed by atoms with Crippen molar-refractivity contribution in [1.82, 2.24) is 4.31 Å². The van der Waals surface area contributed by atoms with E-state index in [2.05, 4.69) is 0 Å². The SMILES string of the molecule is CCCS(=O)(=O)N1C(=O)[C@H]([Si](C)(C)C)[C@H]1C(Cl)(Cl)Cl. The number of nitrogens with zero attached hydrogens (tertiary/aromatic N) is 1. The molecule has 0 saturated carbocycles. The molecule has 0 radical (unpaired) electrons. The third-order valence-electron chi connectivity index (χ3n) is 3.08. The second-order valence-electron chi connectivity index (χ2n) is 5.78. The van der Waals surface area contributed by atoms with Crippen LogP contribution in [-0.2, 0) is 14.8 Å². The smallest absolute Gasteiger partial charge is 0.239 e. The first kappa shape index (κ1) is 17.6. The molecule has 1 aliphatic rings. The van der Waals surface area contributed by atoms with Crippen LogP contribution in [0.3, 0.4) is 0 Å². The molecule has 9 heteroatoms. The Morgan fingerprint density at radius 3 is 2.05 bits per heavy atom. The van der Waals surface area contributed by atoms with E-state index in [1.54, 1.807) is 6.92 Å². The first-order valence-corrected chi connectivity index (χ1v) is 12.3. The van der Waals surface area contributed by atoms with Gasteiger partial charge in [-0.25, -0.2) is 12.7 Å². The molecule has 0 aliphatic carbocycles. The molecule has 0 aromatic heterocycles. The van der Waals surface area contributed by atoms with Crippen molar-refractivity contribution in [2.24, 2.45) is 0 Å². The molecular formula is C10H18Cl3NO3SSi. The number of carbonyl (C=O) groups is 1. The van der Waals surface area contributed by atoms with Gasteiger partial charge in [0.25, 0.3) is 0 Å². The van der Waals surface area contributed by atoms with E-state index in [9.17, 15) is 13.2 Å². The van der Waals surface area contributed by atoms with Crippen molar-refractivity contribution in [3.05, 3.63) is 0 Å². The van der Waals surface area contributed by atoms with Gasteiger partial charge in [-0.05, 0) is 6.42 Å². The highest BCUT2D eigenvalue weighted by molar-refractivity contribution is 7.89. The van der Waals surface area contributed by atoms with Gasteiger partial charge >= 0.3 is 0 Å². The maximum Gasteiger partial charge on any atom is 0.239 e. The fraction of sp³-hybridized carbons (Fsp3) is 0.900. The molecule has 0 aromatic rings. The Kier molecular flexibility index (Phi) is 4.96. The van der Waals surface area contributed by atoms with E-state index in [1.807, 2.05) is 19.6 Å². The molecule has 2 atom stereocenters. The fourth-order valence-electron chi connectivity index (χ4n) is 2.29. The van der Waals surface area contributed by atoms with Crippen molar-refractivity contribution in [3.63, 3.8) is 0 Å². The van der Waals surface area contributed by atoms with Crippen LogP contribution in [0.15, 0.2) is 0 Å². The average Bonchev–Trinajstić information content (AvgIpc) is 2.08. The summed E-state index contributed by atoms with van der Waals surface area (Å²) in [6.45, 7) is 7.61. The predicted molar refractivity (Wildman–Crippen MR) is 82.1 cm³/mol. The van der Waals surface area contributed by atoms with E-state index >= 15 is 0 Å². The van der Waals surface area contributed by atoms with Crippen LogP contribution in [0.5, 0.6) is 0 Å². The van der Waals surface area contributed by atoms with Crippen LogP contribution >= 0.6 is 34.8 Å². The molecule has 19 heavy (non-hydrogen) atoms. The third kappa shape index (κ3) is 3.40. The number of rotatable bonds is 4. The number of halogens is 3. The summed E-state index contributed by atoms with van der Waals surface area (Å²) in [6, 6.07) is -0.881. The van der Waals surface area contributed by atoms with Crippen molar-refractivity contribution >= 4 is 58.8 Å². The molecule has 1 aliphatic heterocycles. The second kappa shape index (κ2) is 5.37. The van der Waals surface area contributed by atoms with Crippen molar-refractivity contribution in [2.75, 3.05) is 5.75 Å². The van der Waals surface area contributed by atoms with Gasteiger partial charge in [-0.2, -0.15) is 0 Å². The molecule has 0 N–H and O–H groups in total.